The molecule has 1 atom stereocenters. The standard InChI is InChI=1S/C73H104O6/c1-4-7-10-13-16-19-22-25-28-30-32-34-36-38-40-42-45-48-51-54-57-60-63-66-72(75)78-69-70(68-77-71(74)65-62-59-56-53-50-47-44-27-24-21-18-15-12-9-6-3)79-73(76)67-64-61-58-55-52-49-46-43-41-39-37-35-33-31-29-26-23-20-17-14-11-8-5-2/h7-12,16-21,25-29,32-35,38-41,44-46,48-50,53-55,57-59,62,70H,4-6,13-15,22-24,30-31,36-37,42-43,47,51-52,56,60-61,63-69H2,1-3H3/b10-7-,11-8-,12-9-,19-16-,20-17-,21-18-,28-25-,29-26-,34-32-,35-33-,40-38-,41-39-,44-27-,48-45-,49-46-,53-50-,57-54-,58-55-,62-59-. The van der Waals surface area contributed by atoms with Crippen molar-refractivity contribution in [3.63, 3.8) is 0 Å². The van der Waals surface area contributed by atoms with Crippen molar-refractivity contribution in [2.24, 2.45) is 0 Å². The predicted molar refractivity (Wildman–Crippen MR) is 343 cm³/mol. The number of unbranched alkanes of at least 4 members (excludes halogenated alkanes) is 2. The molecule has 1 unspecified atom stereocenters. The third kappa shape index (κ3) is 62.2. The van der Waals surface area contributed by atoms with E-state index in [0.29, 0.717) is 19.3 Å². The number of hydrogen-bond donors (Lipinski definition) is 0. The van der Waals surface area contributed by atoms with Crippen molar-refractivity contribution in [2.75, 3.05) is 13.2 Å². The Labute approximate surface area is 482 Å². The average molecular weight is 1080 g/mol. The number of ether oxygens (including phenoxy) is 3. The molecule has 79 heavy (non-hydrogen) atoms. The van der Waals surface area contributed by atoms with Crippen molar-refractivity contribution in [1.82, 2.24) is 0 Å². The third-order valence-electron chi connectivity index (χ3n) is 11.2. The second-order valence-electron chi connectivity index (χ2n) is 18.4. The lowest BCUT2D eigenvalue weighted by molar-refractivity contribution is -0.166. The topological polar surface area (TPSA) is 78.9 Å². The van der Waals surface area contributed by atoms with Crippen molar-refractivity contribution in [3.8, 4) is 0 Å². The molecule has 0 aliphatic rings. The summed E-state index contributed by atoms with van der Waals surface area (Å²) in [5.41, 5.74) is 0. The van der Waals surface area contributed by atoms with Gasteiger partial charge in [-0.1, -0.05) is 252 Å². The number of hydrogen-bond acceptors (Lipinski definition) is 6. The summed E-state index contributed by atoms with van der Waals surface area (Å²) in [6, 6.07) is 0. The Bertz CT molecular complexity index is 2060. The zero-order valence-electron chi connectivity index (χ0n) is 49.3. The maximum absolute atomic E-state index is 12.9. The average Bonchev–Trinajstić information content (AvgIpc) is 3.45. The van der Waals surface area contributed by atoms with E-state index in [1.54, 1.807) is 6.08 Å². The molecule has 0 saturated carbocycles. The predicted octanol–water partition coefficient (Wildman–Crippen LogP) is 20.8. The van der Waals surface area contributed by atoms with Gasteiger partial charge >= 0.3 is 17.9 Å². The molecular formula is C73H104O6. The molecule has 432 valence electrons. The number of carbonyl (C=O) groups is 3. The van der Waals surface area contributed by atoms with E-state index in [9.17, 15) is 14.4 Å². The number of carbonyl (C=O) groups excluding carboxylic acids is 3. The zero-order chi connectivity index (χ0) is 57.1. The van der Waals surface area contributed by atoms with Gasteiger partial charge in [0.2, 0.25) is 0 Å². The van der Waals surface area contributed by atoms with E-state index < -0.39 is 18.0 Å². The molecule has 0 aliphatic heterocycles. The van der Waals surface area contributed by atoms with Crippen LogP contribution in [-0.4, -0.2) is 37.2 Å². The third-order valence-corrected chi connectivity index (χ3v) is 11.2. The quantitative estimate of drug-likeness (QED) is 0.0261. The van der Waals surface area contributed by atoms with Crippen LogP contribution in [0.3, 0.4) is 0 Å². The van der Waals surface area contributed by atoms with Crippen LogP contribution in [0.4, 0.5) is 0 Å². The maximum atomic E-state index is 12.9. The maximum Gasteiger partial charge on any atom is 0.309 e. The first-order valence-corrected chi connectivity index (χ1v) is 29.9. The lowest BCUT2D eigenvalue weighted by atomic mass is 10.2. The molecule has 0 heterocycles. The first-order valence-electron chi connectivity index (χ1n) is 29.9. The fourth-order valence-corrected chi connectivity index (χ4v) is 6.84. The van der Waals surface area contributed by atoms with Gasteiger partial charge in [0.15, 0.2) is 6.10 Å². The normalized spacial score (nSPS) is 13.8. The molecule has 0 spiro atoms. The van der Waals surface area contributed by atoms with E-state index in [1.807, 2.05) is 6.08 Å². The van der Waals surface area contributed by atoms with Crippen molar-refractivity contribution in [2.45, 2.75) is 194 Å². The van der Waals surface area contributed by atoms with Crippen LogP contribution >= 0.6 is 0 Å². The van der Waals surface area contributed by atoms with Gasteiger partial charge in [-0.2, -0.15) is 0 Å². The highest BCUT2D eigenvalue weighted by Gasteiger charge is 2.19. The Kier molecular flexibility index (Phi) is 58.7. The monoisotopic (exact) mass is 1080 g/mol. The minimum atomic E-state index is -0.890. The highest BCUT2D eigenvalue weighted by molar-refractivity contribution is 5.72. The molecule has 6 heteroatoms. The van der Waals surface area contributed by atoms with Crippen LogP contribution in [0.2, 0.25) is 0 Å². The van der Waals surface area contributed by atoms with Crippen molar-refractivity contribution >= 4 is 17.9 Å². The minimum absolute atomic E-state index is 0.0898. The highest BCUT2D eigenvalue weighted by Crippen LogP contribution is 2.08. The molecule has 0 N–H and O–H groups in total. The molecule has 0 aromatic rings. The fourth-order valence-electron chi connectivity index (χ4n) is 6.84. The summed E-state index contributed by atoms with van der Waals surface area (Å²) >= 11 is 0. The van der Waals surface area contributed by atoms with E-state index in [-0.39, 0.29) is 38.4 Å². The summed E-state index contributed by atoms with van der Waals surface area (Å²) in [4.78, 5) is 38.1. The molecule has 0 bridgehead atoms. The molecule has 0 saturated heterocycles. The number of esters is 3. The molecule has 0 rings (SSSR count). The molecule has 0 radical (unpaired) electrons. The highest BCUT2D eigenvalue weighted by atomic mass is 16.6. The van der Waals surface area contributed by atoms with Crippen LogP contribution in [0.5, 0.6) is 0 Å². The van der Waals surface area contributed by atoms with Gasteiger partial charge in [0.25, 0.3) is 0 Å². The molecule has 0 aromatic carbocycles. The largest absolute Gasteiger partial charge is 0.462 e. The summed E-state index contributed by atoms with van der Waals surface area (Å²) in [6.45, 7) is 6.07. The lowest BCUT2D eigenvalue weighted by Crippen LogP contribution is -2.30. The van der Waals surface area contributed by atoms with Gasteiger partial charge in [-0.15, -0.1) is 0 Å². The summed E-state index contributed by atoms with van der Waals surface area (Å²) in [5, 5.41) is 0. The first kappa shape index (κ1) is 72.5. The van der Waals surface area contributed by atoms with Gasteiger partial charge in [0.05, 0.1) is 6.42 Å². The van der Waals surface area contributed by atoms with Crippen molar-refractivity contribution in [3.05, 3.63) is 231 Å². The van der Waals surface area contributed by atoms with E-state index >= 15 is 0 Å². The summed E-state index contributed by atoms with van der Waals surface area (Å²) < 4.78 is 16.7. The van der Waals surface area contributed by atoms with Gasteiger partial charge in [-0.25, -0.2) is 0 Å². The molecular weight excluding hydrogens is 973 g/mol. The van der Waals surface area contributed by atoms with Gasteiger partial charge in [0.1, 0.15) is 13.2 Å². The van der Waals surface area contributed by atoms with Gasteiger partial charge in [0, 0.05) is 12.8 Å². The summed E-state index contributed by atoms with van der Waals surface area (Å²) in [5.74, 6) is -1.24. The van der Waals surface area contributed by atoms with Crippen LogP contribution in [0.1, 0.15) is 188 Å². The zero-order valence-corrected chi connectivity index (χ0v) is 49.3. The van der Waals surface area contributed by atoms with E-state index in [2.05, 4.69) is 240 Å². The molecule has 0 aromatic heterocycles. The Morgan fingerprint density at radius 3 is 0.747 bits per heavy atom. The second-order valence-corrected chi connectivity index (χ2v) is 18.4. The second kappa shape index (κ2) is 64.0. The van der Waals surface area contributed by atoms with Crippen molar-refractivity contribution in [1.29, 1.82) is 0 Å². The molecule has 0 amide bonds. The van der Waals surface area contributed by atoms with Crippen LogP contribution in [-0.2, 0) is 28.6 Å². The first-order chi connectivity index (χ1) is 39.0. The Morgan fingerprint density at radius 2 is 0.481 bits per heavy atom. The summed E-state index contributed by atoms with van der Waals surface area (Å²) in [7, 11) is 0. The Balaban J connectivity index is 4.73. The minimum Gasteiger partial charge on any atom is -0.462 e. The lowest BCUT2D eigenvalue weighted by Gasteiger charge is -2.18. The molecule has 0 fully saturated rings. The van der Waals surface area contributed by atoms with Crippen molar-refractivity contribution < 1.29 is 28.6 Å². The number of rotatable bonds is 50. The van der Waals surface area contributed by atoms with Gasteiger partial charge in [-0.3, -0.25) is 14.4 Å². The van der Waals surface area contributed by atoms with Gasteiger partial charge in [-0.05, 0) is 148 Å². The van der Waals surface area contributed by atoms with Crippen LogP contribution in [0.25, 0.3) is 0 Å². The Morgan fingerprint density at radius 1 is 0.266 bits per heavy atom. The molecule has 6 nitrogen and oxygen atoms in total. The van der Waals surface area contributed by atoms with E-state index in [4.69, 9.17) is 14.2 Å². The van der Waals surface area contributed by atoms with Crippen LogP contribution < -0.4 is 0 Å². The van der Waals surface area contributed by atoms with E-state index in [0.717, 1.165) is 128 Å². The van der Waals surface area contributed by atoms with Crippen LogP contribution in [0.15, 0.2) is 231 Å². The molecule has 0 aliphatic carbocycles. The Hall–Kier alpha value is -6.53. The van der Waals surface area contributed by atoms with E-state index in [1.165, 1.54) is 0 Å². The summed E-state index contributed by atoms with van der Waals surface area (Å²) in [6.07, 6.45) is 102. The fraction of sp³-hybridized carbons (Fsp3) is 0.438. The number of allylic oxidation sites excluding steroid dienone is 37. The smallest absolute Gasteiger partial charge is 0.309 e. The van der Waals surface area contributed by atoms with Crippen LogP contribution in [0, 0.1) is 0 Å². The van der Waals surface area contributed by atoms with Gasteiger partial charge < -0.3 is 14.2 Å². The SMILES string of the molecule is CC/C=C\C/C=C\C/C=C\C/C=C\C/C=C\C/C=C\C/C=C\CCCC(=O)OCC(COC(=O)C/C=C\C/C=C\C/C=C\C/C=C\C/C=C\CC)OC(=O)CCC/C=C\C/C=C\C/C=C\C/C=C\C/C=C\C/C=C\C/C=C\CC.